The van der Waals surface area contributed by atoms with Crippen molar-refractivity contribution in [3.63, 3.8) is 0 Å². The Labute approximate surface area is 105 Å². The molecule has 0 unspecified atom stereocenters. The summed E-state index contributed by atoms with van der Waals surface area (Å²) >= 11 is 0. The van der Waals surface area contributed by atoms with E-state index in [1.807, 2.05) is 6.92 Å². The van der Waals surface area contributed by atoms with Crippen molar-refractivity contribution in [1.29, 1.82) is 0 Å². The number of likely N-dealkylation sites (N-methyl/N-ethyl adjacent to an activating group) is 1. The number of nitrogens with one attached hydrogen (secondary N) is 2. The second kappa shape index (κ2) is 5.85. The van der Waals surface area contributed by atoms with Crippen molar-refractivity contribution in [2.45, 2.75) is 64.3 Å². The molecule has 2 saturated carbocycles. The summed E-state index contributed by atoms with van der Waals surface area (Å²) in [5, 5.41) is 6.23. The molecule has 17 heavy (non-hydrogen) atoms. The molecule has 2 N–H and O–H groups in total. The fourth-order valence-electron chi connectivity index (χ4n) is 3.56. The molecule has 0 saturated heterocycles. The van der Waals surface area contributed by atoms with Crippen LogP contribution in [-0.2, 0) is 4.79 Å². The van der Waals surface area contributed by atoms with Crippen molar-refractivity contribution in [3.8, 4) is 0 Å². The van der Waals surface area contributed by atoms with Crippen LogP contribution in [0.4, 0.5) is 0 Å². The zero-order chi connectivity index (χ0) is 12.1. The first-order chi connectivity index (χ1) is 8.24. The van der Waals surface area contributed by atoms with Gasteiger partial charge in [0.2, 0.25) is 5.91 Å². The molecule has 2 fully saturated rings. The number of amides is 1. The SMILES string of the molecule is CCNC(=O)CNC1CCC2(CCCC2)CC1. The molecule has 0 aliphatic heterocycles. The third-order valence-corrected chi connectivity index (χ3v) is 4.64. The summed E-state index contributed by atoms with van der Waals surface area (Å²) in [6.07, 6.45) is 11.1. The average Bonchev–Trinajstić information content (AvgIpc) is 2.78. The molecule has 3 nitrogen and oxygen atoms in total. The first kappa shape index (κ1) is 12.9. The quantitative estimate of drug-likeness (QED) is 0.788. The Morgan fingerprint density at radius 3 is 2.41 bits per heavy atom. The molecular weight excluding hydrogens is 212 g/mol. The van der Waals surface area contributed by atoms with Crippen LogP contribution in [0, 0.1) is 5.41 Å². The van der Waals surface area contributed by atoms with Gasteiger partial charge in [-0.3, -0.25) is 4.79 Å². The van der Waals surface area contributed by atoms with Crippen LogP contribution < -0.4 is 10.6 Å². The number of hydrogen-bond donors (Lipinski definition) is 2. The molecule has 0 bridgehead atoms. The van der Waals surface area contributed by atoms with E-state index in [1.54, 1.807) is 0 Å². The summed E-state index contributed by atoms with van der Waals surface area (Å²) in [4.78, 5) is 11.4. The molecule has 0 aromatic rings. The van der Waals surface area contributed by atoms with Gasteiger partial charge < -0.3 is 10.6 Å². The number of carbonyl (C=O) groups is 1. The molecule has 1 amide bonds. The van der Waals surface area contributed by atoms with Crippen LogP contribution in [-0.4, -0.2) is 25.0 Å². The van der Waals surface area contributed by atoms with Gasteiger partial charge in [0.15, 0.2) is 0 Å². The molecule has 0 atom stereocenters. The van der Waals surface area contributed by atoms with Gasteiger partial charge in [-0.25, -0.2) is 0 Å². The highest BCUT2D eigenvalue weighted by Crippen LogP contribution is 2.48. The van der Waals surface area contributed by atoms with Crippen LogP contribution in [0.2, 0.25) is 0 Å². The highest BCUT2D eigenvalue weighted by atomic mass is 16.1. The number of hydrogen-bond acceptors (Lipinski definition) is 2. The van der Waals surface area contributed by atoms with E-state index in [2.05, 4.69) is 10.6 Å². The van der Waals surface area contributed by atoms with Crippen LogP contribution >= 0.6 is 0 Å². The lowest BCUT2D eigenvalue weighted by molar-refractivity contribution is -0.120. The van der Waals surface area contributed by atoms with Gasteiger partial charge in [0.05, 0.1) is 6.54 Å². The molecule has 0 aromatic carbocycles. The van der Waals surface area contributed by atoms with E-state index in [0.717, 1.165) is 6.54 Å². The third kappa shape index (κ3) is 3.44. The Morgan fingerprint density at radius 2 is 1.82 bits per heavy atom. The standard InChI is InChI=1S/C14H26N2O/c1-2-15-13(17)11-16-12-5-9-14(10-6-12)7-3-4-8-14/h12,16H,2-11H2,1H3,(H,15,17). The predicted octanol–water partition coefficient (Wildman–Crippen LogP) is 2.22. The van der Waals surface area contributed by atoms with E-state index < -0.39 is 0 Å². The van der Waals surface area contributed by atoms with Gasteiger partial charge in [-0.2, -0.15) is 0 Å². The molecule has 0 aromatic heterocycles. The van der Waals surface area contributed by atoms with Gasteiger partial charge >= 0.3 is 0 Å². The van der Waals surface area contributed by atoms with E-state index in [4.69, 9.17) is 0 Å². The Bertz CT molecular complexity index is 249. The van der Waals surface area contributed by atoms with E-state index in [9.17, 15) is 4.79 Å². The van der Waals surface area contributed by atoms with Crippen LogP contribution in [0.15, 0.2) is 0 Å². The molecule has 98 valence electrons. The molecule has 1 spiro atoms. The van der Waals surface area contributed by atoms with Crippen molar-refractivity contribution in [1.82, 2.24) is 10.6 Å². The summed E-state index contributed by atoms with van der Waals surface area (Å²) in [6, 6.07) is 0.573. The zero-order valence-corrected chi connectivity index (χ0v) is 11.1. The number of carbonyl (C=O) groups excluding carboxylic acids is 1. The Balaban J connectivity index is 1.67. The van der Waals surface area contributed by atoms with Crippen molar-refractivity contribution >= 4 is 5.91 Å². The highest BCUT2D eigenvalue weighted by molar-refractivity contribution is 5.77. The normalized spacial score (nSPS) is 24.1. The second-order valence-electron chi connectivity index (χ2n) is 5.82. The summed E-state index contributed by atoms with van der Waals surface area (Å²) in [5.74, 6) is 0.133. The smallest absolute Gasteiger partial charge is 0.233 e. The molecule has 2 aliphatic carbocycles. The minimum Gasteiger partial charge on any atom is -0.355 e. The molecule has 2 rings (SSSR count). The van der Waals surface area contributed by atoms with Gasteiger partial charge in [0, 0.05) is 12.6 Å². The Morgan fingerprint density at radius 1 is 1.18 bits per heavy atom. The fourth-order valence-corrected chi connectivity index (χ4v) is 3.56. The van der Waals surface area contributed by atoms with Gasteiger partial charge in [-0.15, -0.1) is 0 Å². The maximum Gasteiger partial charge on any atom is 0.233 e. The zero-order valence-electron chi connectivity index (χ0n) is 11.1. The first-order valence-electron chi connectivity index (χ1n) is 7.24. The molecule has 3 heteroatoms. The Kier molecular flexibility index (Phi) is 4.43. The van der Waals surface area contributed by atoms with Crippen LogP contribution in [0.5, 0.6) is 0 Å². The third-order valence-electron chi connectivity index (χ3n) is 4.64. The van der Waals surface area contributed by atoms with E-state index in [-0.39, 0.29) is 5.91 Å². The van der Waals surface area contributed by atoms with E-state index >= 15 is 0 Å². The summed E-state index contributed by atoms with van der Waals surface area (Å²) in [5.41, 5.74) is 0.698. The van der Waals surface area contributed by atoms with Gasteiger partial charge in [-0.05, 0) is 50.9 Å². The molecule has 0 heterocycles. The topological polar surface area (TPSA) is 41.1 Å². The highest BCUT2D eigenvalue weighted by Gasteiger charge is 2.37. The monoisotopic (exact) mass is 238 g/mol. The minimum atomic E-state index is 0.133. The van der Waals surface area contributed by atoms with E-state index in [0.29, 0.717) is 18.0 Å². The van der Waals surface area contributed by atoms with Crippen molar-refractivity contribution < 1.29 is 4.79 Å². The van der Waals surface area contributed by atoms with Gasteiger partial charge in [-0.1, -0.05) is 12.8 Å². The molecule has 0 radical (unpaired) electrons. The van der Waals surface area contributed by atoms with Crippen LogP contribution in [0.3, 0.4) is 0 Å². The summed E-state index contributed by atoms with van der Waals surface area (Å²) in [6.45, 7) is 3.18. The van der Waals surface area contributed by atoms with Crippen LogP contribution in [0.1, 0.15) is 58.3 Å². The lowest BCUT2D eigenvalue weighted by Gasteiger charge is -2.37. The van der Waals surface area contributed by atoms with Crippen molar-refractivity contribution in [3.05, 3.63) is 0 Å². The van der Waals surface area contributed by atoms with Crippen LogP contribution in [0.25, 0.3) is 0 Å². The predicted molar refractivity (Wildman–Crippen MR) is 69.8 cm³/mol. The minimum absolute atomic E-state index is 0.133. The molecule has 2 aliphatic rings. The molecular formula is C14H26N2O. The second-order valence-corrected chi connectivity index (χ2v) is 5.82. The lowest BCUT2D eigenvalue weighted by Crippen LogP contribution is -2.42. The van der Waals surface area contributed by atoms with Crippen molar-refractivity contribution in [2.24, 2.45) is 5.41 Å². The summed E-state index contributed by atoms with van der Waals surface area (Å²) in [7, 11) is 0. The fraction of sp³-hybridized carbons (Fsp3) is 0.929. The van der Waals surface area contributed by atoms with Crippen molar-refractivity contribution in [2.75, 3.05) is 13.1 Å². The average molecular weight is 238 g/mol. The number of rotatable bonds is 4. The maximum absolute atomic E-state index is 11.4. The first-order valence-corrected chi connectivity index (χ1v) is 7.24. The Hall–Kier alpha value is -0.570. The summed E-state index contributed by atoms with van der Waals surface area (Å²) < 4.78 is 0. The maximum atomic E-state index is 11.4. The van der Waals surface area contributed by atoms with E-state index in [1.165, 1.54) is 51.4 Å². The largest absolute Gasteiger partial charge is 0.355 e. The lowest BCUT2D eigenvalue weighted by atomic mass is 9.71. The van der Waals surface area contributed by atoms with Gasteiger partial charge in [0.1, 0.15) is 0 Å². The van der Waals surface area contributed by atoms with Gasteiger partial charge in [0.25, 0.3) is 0 Å².